The molecule has 0 aliphatic carbocycles. The van der Waals surface area contributed by atoms with E-state index in [1.165, 1.54) is 70.6 Å². The summed E-state index contributed by atoms with van der Waals surface area (Å²) >= 11 is 0. The summed E-state index contributed by atoms with van der Waals surface area (Å²) in [5.41, 5.74) is 0. The second kappa shape index (κ2) is 49.7. The molecular weight excluding hydrogens is 801 g/mol. The standard InChI is InChI=1S/C51H96N2O6S2/c1-6-9-12-15-18-19-20-21-22-23-24-25-26-27-30-36-49(54)56-45-34-39-52(4)41-47-60-61-48-42-53(5)40-35-46-57-50(55)37-33-38-51(58-43-31-28-16-13-10-7-2)59-44-32-29-17-14-11-8-3/h10-11,13-14,21-22,51H,6-9,12,15-20,23-48H2,1-5H3/b13-10-,14-11-,22-21-. The largest absolute Gasteiger partial charge is 0.466 e. The third-order valence-corrected chi connectivity index (χ3v) is 12.9. The Balaban J connectivity index is 3.78. The summed E-state index contributed by atoms with van der Waals surface area (Å²) in [7, 11) is 8.11. The molecule has 10 heteroatoms. The maximum absolute atomic E-state index is 12.4. The lowest BCUT2D eigenvalue weighted by molar-refractivity contribution is -0.152. The molecule has 0 saturated heterocycles. The summed E-state index contributed by atoms with van der Waals surface area (Å²) in [5, 5.41) is 0. The Morgan fingerprint density at radius 3 is 1.34 bits per heavy atom. The van der Waals surface area contributed by atoms with Crippen LogP contribution in [0.5, 0.6) is 0 Å². The van der Waals surface area contributed by atoms with Crippen LogP contribution in [0.1, 0.15) is 194 Å². The van der Waals surface area contributed by atoms with E-state index in [2.05, 4.69) is 81.1 Å². The number of carbonyl (C=O) groups is 2. The first-order valence-corrected chi connectivity index (χ1v) is 27.5. The average molecular weight is 897 g/mol. The van der Waals surface area contributed by atoms with Crippen LogP contribution in [-0.2, 0) is 28.5 Å². The fourth-order valence-corrected chi connectivity index (χ4v) is 8.77. The molecule has 8 nitrogen and oxygen atoms in total. The number of unbranched alkanes of at least 4 members (excludes halogenated alkanes) is 15. The van der Waals surface area contributed by atoms with Crippen molar-refractivity contribution >= 4 is 33.5 Å². The first-order valence-electron chi connectivity index (χ1n) is 25.0. The lowest BCUT2D eigenvalue weighted by Crippen LogP contribution is -2.24. The lowest BCUT2D eigenvalue weighted by Gasteiger charge is -2.19. The maximum atomic E-state index is 12.4. The van der Waals surface area contributed by atoms with Gasteiger partial charge in [0.05, 0.1) is 13.2 Å². The van der Waals surface area contributed by atoms with Crippen molar-refractivity contribution in [2.45, 2.75) is 200 Å². The van der Waals surface area contributed by atoms with E-state index in [-0.39, 0.29) is 18.2 Å². The van der Waals surface area contributed by atoms with Gasteiger partial charge in [0.2, 0.25) is 0 Å². The molecule has 0 fully saturated rings. The van der Waals surface area contributed by atoms with E-state index in [9.17, 15) is 9.59 Å². The van der Waals surface area contributed by atoms with E-state index < -0.39 is 0 Å². The summed E-state index contributed by atoms with van der Waals surface area (Å²) in [4.78, 5) is 29.2. The second-order valence-electron chi connectivity index (χ2n) is 16.5. The number of nitrogens with zero attached hydrogens (tertiary/aromatic N) is 2. The van der Waals surface area contributed by atoms with Crippen molar-refractivity contribution in [1.82, 2.24) is 9.80 Å². The Hall–Kier alpha value is -1.30. The number of rotatable bonds is 48. The maximum Gasteiger partial charge on any atom is 0.305 e. The molecule has 0 amide bonds. The van der Waals surface area contributed by atoms with Gasteiger partial charge in [0.15, 0.2) is 6.29 Å². The fourth-order valence-electron chi connectivity index (χ4n) is 6.61. The van der Waals surface area contributed by atoms with E-state index in [0.717, 1.165) is 115 Å². The number of hydrogen-bond acceptors (Lipinski definition) is 10. The van der Waals surface area contributed by atoms with Gasteiger partial charge in [-0.25, -0.2) is 0 Å². The fraction of sp³-hybridized carbons (Fsp3) is 0.843. The smallest absolute Gasteiger partial charge is 0.305 e. The number of ether oxygens (including phenoxy) is 4. The minimum atomic E-state index is -0.254. The SMILES string of the molecule is CC/C=C\CCCCOC(CCCC(=O)OCCCN(C)CCSSCCN(C)CCCOC(=O)CCCCCCC/C=C\CCCCCCCC)OCCCC/C=C\CC. The predicted octanol–water partition coefficient (Wildman–Crippen LogP) is 13.9. The molecule has 0 bridgehead atoms. The van der Waals surface area contributed by atoms with Crippen molar-refractivity contribution in [3.05, 3.63) is 36.5 Å². The predicted molar refractivity (Wildman–Crippen MR) is 267 cm³/mol. The molecule has 0 atom stereocenters. The molecular formula is C51H96N2O6S2. The van der Waals surface area contributed by atoms with Gasteiger partial charge in [0.1, 0.15) is 0 Å². The minimum absolute atomic E-state index is 0.0423. The van der Waals surface area contributed by atoms with E-state index in [0.29, 0.717) is 52.1 Å². The summed E-state index contributed by atoms with van der Waals surface area (Å²) < 4.78 is 23.2. The van der Waals surface area contributed by atoms with Crippen LogP contribution in [-0.4, -0.2) is 106 Å². The van der Waals surface area contributed by atoms with Crippen molar-refractivity contribution < 1.29 is 28.5 Å². The van der Waals surface area contributed by atoms with Crippen molar-refractivity contribution in [2.24, 2.45) is 0 Å². The zero-order chi connectivity index (χ0) is 44.5. The van der Waals surface area contributed by atoms with Gasteiger partial charge in [0, 0.05) is 63.7 Å². The molecule has 0 heterocycles. The third-order valence-electron chi connectivity index (χ3n) is 10.5. The molecule has 0 spiro atoms. The molecule has 0 aliphatic rings. The molecule has 0 aromatic heterocycles. The topological polar surface area (TPSA) is 77.5 Å². The zero-order valence-corrected chi connectivity index (χ0v) is 42.0. The van der Waals surface area contributed by atoms with Crippen LogP contribution in [0.15, 0.2) is 36.5 Å². The van der Waals surface area contributed by atoms with Gasteiger partial charge in [-0.2, -0.15) is 0 Å². The Morgan fingerprint density at radius 1 is 0.459 bits per heavy atom. The Labute approximate surface area is 385 Å². The van der Waals surface area contributed by atoms with E-state index in [4.69, 9.17) is 18.9 Å². The van der Waals surface area contributed by atoms with Gasteiger partial charge in [0.25, 0.3) is 0 Å². The van der Waals surface area contributed by atoms with Crippen LogP contribution in [0, 0.1) is 0 Å². The summed E-state index contributed by atoms with van der Waals surface area (Å²) in [5.74, 6) is 1.96. The van der Waals surface area contributed by atoms with Crippen LogP contribution in [0.25, 0.3) is 0 Å². The monoisotopic (exact) mass is 897 g/mol. The molecule has 0 aliphatic heterocycles. The van der Waals surface area contributed by atoms with Gasteiger partial charge in [-0.15, -0.1) is 0 Å². The molecule has 0 radical (unpaired) electrons. The second-order valence-corrected chi connectivity index (χ2v) is 19.2. The molecule has 0 aromatic carbocycles. The van der Waals surface area contributed by atoms with Crippen LogP contribution in [0.3, 0.4) is 0 Å². The molecule has 0 saturated carbocycles. The van der Waals surface area contributed by atoms with Crippen molar-refractivity contribution in [1.29, 1.82) is 0 Å². The zero-order valence-electron chi connectivity index (χ0n) is 40.4. The van der Waals surface area contributed by atoms with Crippen molar-refractivity contribution in [3.63, 3.8) is 0 Å². The summed E-state index contributed by atoms with van der Waals surface area (Å²) in [6.07, 6.45) is 42.5. The number of carbonyl (C=O) groups excluding carboxylic acids is 2. The molecule has 61 heavy (non-hydrogen) atoms. The Morgan fingerprint density at radius 2 is 0.869 bits per heavy atom. The van der Waals surface area contributed by atoms with Gasteiger partial charge in [-0.05, 0) is 123 Å². The van der Waals surface area contributed by atoms with Crippen molar-refractivity contribution in [3.8, 4) is 0 Å². The lowest BCUT2D eigenvalue weighted by atomic mass is 10.1. The first kappa shape index (κ1) is 59.7. The van der Waals surface area contributed by atoms with Crippen molar-refractivity contribution in [2.75, 3.05) is 78.2 Å². The van der Waals surface area contributed by atoms with Crippen LogP contribution in [0.4, 0.5) is 0 Å². The highest BCUT2D eigenvalue weighted by molar-refractivity contribution is 8.76. The van der Waals surface area contributed by atoms with E-state index >= 15 is 0 Å². The first-order chi connectivity index (χ1) is 29.9. The molecule has 358 valence electrons. The molecule has 0 unspecified atom stereocenters. The normalized spacial score (nSPS) is 12.1. The highest BCUT2D eigenvalue weighted by atomic mass is 33.1. The summed E-state index contributed by atoms with van der Waals surface area (Å²) in [6.45, 7) is 12.8. The highest BCUT2D eigenvalue weighted by Gasteiger charge is 2.12. The third kappa shape index (κ3) is 48.0. The van der Waals surface area contributed by atoms with Gasteiger partial charge in [-0.1, -0.05) is 130 Å². The minimum Gasteiger partial charge on any atom is -0.466 e. The molecule has 0 rings (SSSR count). The quantitative estimate of drug-likeness (QED) is 0.0194. The number of esters is 2. The average Bonchev–Trinajstić information content (AvgIpc) is 3.25. The molecule has 0 N–H and O–H groups in total. The number of hydrogen-bond donors (Lipinski definition) is 0. The van der Waals surface area contributed by atoms with E-state index in [1.54, 1.807) is 0 Å². The van der Waals surface area contributed by atoms with Crippen LogP contribution in [0.2, 0.25) is 0 Å². The molecule has 0 aromatic rings. The van der Waals surface area contributed by atoms with Gasteiger partial charge >= 0.3 is 11.9 Å². The Bertz CT molecular complexity index is 1000. The highest BCUT2D eigenvalue weighted by Crippen LogP contribution is 2.21. The van der Waals surface area contributed by atoms with E-state index in [1.807, 2.05) is 21.6 Å². The van der Waals surface area contributed by atoms with Crippen LogP contribution >= 0.6 is 21.6 Å². The Kier molecular flexibility index (Phi) is 48.7. The van der Waals surface area contributed by atoms with Crippen LogP contribution < -0.4 is 0 Å². The van der Waals surface area contributed by atoms with Gasteiger partial charge < -0.3 is 28.7 Å². The summed E-state index contributed by atoms with van der Waals surface area (Å²) in [6, 6.07) is 0. The van der Waals surface area contributed by atoms with Gasteiger partial charge in [-0.3, -0.25) is 9.59 Å². The number of allylic oxidation sites excluding steroid dienone is 6.